The molecule has 1 aliphatic rings. The van der Waals surface area contributed by atoms with Gasteiger partial charge in [-0.3, -0.25) is 0 Å². The maximum Gasteiger partial charge on any atom is 0.224 e. The molecule has 116 valence electrons. The first kappa shape index (κ1) is 15.2. The van der Waals surface area contributed by atoms with Crippen molar-refractivity contribution in [2.45, 2.75) is 13.0 Å². The van der Waals surface area contributed by atoms with E-state index < -0.39 is 0 Å². The largest absolute Gasteiger partial charge is 0.496 e. The molecular weight excluding hydrogens is 325 g/mol. The minimum absolute atomic E-state index is 0.0597. The van der Waals surface area contributed by atoms with Gasteiger partial charge >= 0.3 is 0 Å². The molecule has 1 unspecified atom stereocenters. The van der Waals surface area contributed by atoms with Crippen LogP contribution in [0.25, 0.3) is 0 Å². The van der Waals surface area contributed by atoms with Crippen molar-refractivity contribution in [1.82, 2.24) is 9.97 Å². The van der Waals surface area contributed by atoms with E-state index in [2.05, 4.69) is 9.97 Å². The number of aromatic nitrogens is 2. The summed E-state index contributed by atoms with van der Waals surface area (Å²) in [7, 11) is 3.56. The number of hydrogen-bond acceptors (Lipinski definition) is 5. The highest BCUT2D eigenvalue weighted by atomic mass is 35.5. The van der Waals surface area contributed by atoms with Crippen molar-refractivity contribution < 1.29 is 9.47 Å². The number of aryl methyl sites for hydroxylation is 1. The van der Waals surface area contributed by atoms with E-state index in [-0.39, 0.29) is 11.3 Å². The molecule has 0 spiro atoms. The number of nitrogens with zero attached hydrogens (tertiary/aromatic N) is 3. The monoisotopic (exact) mass is 339 g/mol. The fourth-order valence-corrected chi connectivity index (χ4v) is 2.99. The molecule has 1 aliphatic heterocycles. The average molecular weight is 340 g/mol. The smallest absolute Gasteiger partial charge is 0.224 e. The number of fused-ring (bicyclic) bond motifs is 1. The zero-order chi connectivity index (χ0) is 15.9. The molecule has 0 amide bonds. The molecule has 1 atom stereocenters. The summed E-state index contributed by atoms with van der Waals surface area (Å²) in [6.45, 7) is 2.44. The Morgan fingerprint density at radius 1 is 1.36 bits per heavy atom. The lowest BCUT2D eigenvalue weighted by atomic mass is 10.0. The van der Waals surface area contributed by atoms with Gasteiger partial charge in [0.1, 0.15) is 12.4 Å². The number of anilines is 1. The summed E-state index contributed by atoms with van der Waals surface area (Å²) in [5, 5.41) is 0.818. The van der Waals surface area contributed by atoms with E-state index in [4.69, 9.17) is 32.7 Å². The number of rotatable bonds is 2. The number of ether oxygens (including phenoxy) is 2. The molecule has 0 bridgehead atoms. The first-order chi connectivity index (χ1) is 10.5. The van der Waals surface area contributed by atoms with Gasteiger partial charge in [0.2, 0.25) is 5.28 Å². The predicted molar refractivity (Wildman–Crippen MR) is 86.4 cm³/mol. The van der Waals surface area contributed by atoms with Crippen LogP contribution in [0.4, 0.5) is 5.82 Å². The summed E-state index contributed by atoms with van der Waals surface area (Å²) in [5.74, 6) is 2.03. The number of benzene rings is 1. The van der Waals surface area contributed by atoms with Crippen LogP contribution >= 0.6 is 23.2 Å². The molecule has 0 saturated carbocycles. The fraction of sp³-hybridized carbons (Fsp3) is 0.333. The van der Waals surface area contributed by atoms with Gasteiger partial charge in [0, 0.05) is 12.1 Å². The summed E-state index contributed by atoms with van der Waals surface area (Å²) in [6.07, 6.45) is 1.58. The standard InChI is InChI=1S/C15H15Cl2N3O2/c1-8-4-9(10(16)5-12(8)21-3)11-7-22-13-6-18-15(17)19-14(13)20(11)2/h4-6,11H,7H2,1-3H3. The molecule has 0 aliphatic carbocycles. The van der Waals surface area contributed by atoms with Gasteiger partial charge in [0.25, 0.3) is 0 Å². The van der Waals surface area contributed by atoms with E-state index in [1.165, 1.54) is 0 Å². The van der Waals surface area contributed by atoms with E-state index in [0.29, 0.717) is 23.2 Å². The van der Waals surface area contributed by atoms with Crippen LogP contribution in [0.1, 0.15) is 17.2 Å². The van der Waals surface area contributed by atoms with Crippen molar-refractivity contribution in [3.8, 4) is 11.5 Å². The zero-order valence-electron chi connectivity index (χ0n) is 12.4. The van der Waals surface area contributed by atoms with Gasteiger partial charge in [-0.05, 0) is 41.8 Å². The normalized spacial score (nSPS) is 17.0. The van der Waals surface area contributed by atoms with Crippen molar-refractivity contribution in [2.24, 2.45) is 0 Å². The van der Waals surface area contributed by atoms with E-state index >= 15 is 0 Å². The molecule has 7 heteroatoms. The van der Waals surface area contributed by atoms with E-state index in [1.54, 1.807) is 13.3 Å². The lowest BCUT2D eigenvalue weighted by molar-refractivity contribution is 0.265. The quantitative estimate of drug-likeness (QED) is 0.781. The van der Waals surface area contributed by atoms with E-state index in [1.807, 2.05) is 31.0 Å². The van der Waals surface area contributed by atoms with Gasteiger partial charge < -0.3 is 14.4 Å². The minimum Gasteiger partial charge on any atom is -0.496 e. The average Bonchev–Trinajstić information content (AvgIpc) is 2.50. The zero-order valence-corrected chi connectivity index (χ0v) is 13.9. The molecule has 0 fully saturated rings. The Balaban J connectivity index is 2.02. The number of likely N-dealkylation sites (N-methyl/N-ethyl adjacent to an activating group) is 1. The second-order valence-corrected chi connectivity index (χ2v) is 5.85. The van der Waals surface area contributed by atoms with Gasteiger partial charge in [-0.1, -0.05) is 11.6 Å². The summed E-state index contributed by atoms with van der Waals surface area (Å²) < 4.78 is 11.1. The topological polar surface area (TPSA) is 47.5 Å². The van der Waals surface area contributed by atoms with Gasteiger partial charge in [-0.25, -0.2) is 4.98 Å². The molecule has 0 N–H and O–H groups in total. The van der Waals surface area contributed by atoms with Gasteiger partial charge in [0.15, 0.2) is 11.6 Å². The van der Waals surface area contributed by atoms with Crippen molar-refractivity contribution in [3.05, 3.63) is 39.8 Å². The highest BCUT2D eigenvalue weighted by Crippen LogP contribution is 2.40. The van der Waals surface area contributed by atoms with Crippen LogP contribution in [-0.2, 0) is 0 Å². The fourth-order valence-electron chi connectivity index (χ4n) is 2.58. The van der Waals surface area contributed by atoms with Crippen molar-refractivity contribution in [3.63, 3.8) is 0 Å². The SMILES string of the molecule is COc1cc(Cl)c(C2COc3cnc(Cl)nc3N2C)cc1C. The first-order valence-corrected chi connectivity index (χ1v) is 7.49. The molecule has 5 nitrogen and oxygen atoms in total. The third-order valence-corrected chi connectivity index (χ3v) is 4.29. The van der Waals surface area contributed by atoms with Crippen molar-refractivity contribution in [2.75, 3.05) is 25.7 Å². The van der Waals surface area contributed by atoms with Gasteiger partial charge in [0.05, 0.1) is 19.3 Å². The molecular formula is C15H15Cl2N3O2. The van der Waals surface area contributed by atoms with Crippen LogP contribution in [0.15, 0.2) is 18.3 Å². The summed E-state index contributed by atoms with van der Waals surface area (Å²) in [5.41, 5.74) is 1.98. The molecule has 2 heterocycles. The van der Waals surface area contributed by atoms with Gasteiger partial charge in [-0.2, -0.15) is 4.98 Å². The van der Waals surface area contributed by atoms with E-state index in [9.17, 15) is 0 Å². The van der Waals surface area contributed by atoms with Crippen LogP contribution in [0.5, 0.6) is 11.5 Å². The Morgan fingerprint density at radius 2 is 2.14 bits per heavy atom. The van der Waals surface area contributed by atoms with Crippen LogP contribution in [0, 0.1) is 6.92 Å². The van der Waals surface area contributed by atoms with Crippen LogP contribution in [0.3, 0.4) is 0 Å². The summed E-state index contributed by atoms with van der Waals surface area (Å²) in [6, 6.07) is 3.78. The van der Waals surface area contributed by atoms with Crippen LogP contribution < -0.4 is 14.4 Å². The lowest BCUT2D eigenvalue weighted by Crippen LogP contribution is -2.34. The Hall–Kier alpha value is -1.72. The predicted octanol–water partition coefficient (Wildman–Crippen LogP) is 3.67. The first-order valence-electron chi connectivity index (χ1n) is 6.73. The third kappa shape index (κ3) is 2.55. The summed E-state index contributed by atoms with van der Waals surface area (Å²) in [4.78, 5) is 10.2. The number of methoxy groups -OCH3 is 1. The van der Waals surface area contributed by atoms with E-state index in [0.717, 1.165) is 16.9 Å². The highest BCUT2D eigenvalue weighted by Gasteiger charge is 2.30. The Kier molecular flexibility index (Phi) is 4.02. The third-order valence-electron chi connectivity index (χ3n) is 3.78. The minimum atomic E-state index is -0.0597. The number of halogens is 2. The highest BCUT2D eigenvalue weighted by molar-refractivity contribution is 6.31. The molecule has 0 radical (unpaired) electrons. The van der Waals surface area contributed by atoms with Crippen LogP contribution in [0.2, 0.25) is 10.3 Å². The number of hydrogen-bond donors (Lipinski definition) is 0. The summed E-state index contributed by atoms with van der Waals surface area (Å²) >= 11 is 12.3. The molecule has 2 aromatic rings. The van der Waals surface area contributed by atoms with Crippen LogP contribution in [-0.4, -0.2) is 30.7 Å². The van der Waals surface area contributed by atoms with Crippen molar-refractivity contribution >= 4 is 29.0 Å². The Labute approximate surface area is 138 Å². The maximum atomic E-state index is 6.42. The Morgan fingerprint density at radius 3 is 2.86 bits per heavy atom. The molecule has 22 heavy (non-hydrogen) atoms. The second-order valence-electron chi connectivity index (χ2n) is 5.11. The molecule has 1 aromatic heterocycles. The second kappa shape index (κ2) is 5.82. The van der Waals surface area contributed by atoms with Gasteiger partial charge in [-0.15, -0.1) is 0 Å². The molecule has 0 saturated heterocycles. The van der Waals surface area contributed by atoms with Crippen molar-refractivity contribution in [1.29, 1.82) is 0 Å². The molecule has 1 aromatic carbocycles. The maximum absolute atomic E-state index is 6.42. The molecule has 3 rings (SSSR count). The lowest BCUT2D eigenvalue weighted by Gasteiger charge is -2.35. The Bertz CT molecular complexity index is 724.